The van der Waals surface area contributed by atoms with E-state index in [0.717, 1.165) is 5.56 Å². The van der Waals surface area contributed by atoms with E-state index in [1.807, 2.05) is 30.3 Å². The summed E-state index contributed by atoms with van der Waals surface area (Å²) in [6.45, 7) is 0.178. The van der Waals surface area contributed by atoms with Gasteiger partial charge in [0.05, 0.1) is 7.11 Å². The van der Waals surface area contributed by atoms with Crippen LogP contribution in [0.15, 0.2) is 42.6 Å². The van der Waals surface area contributed by atoms with E-state index in [9.17, 15) is 9.59 Å². The van der Waals surface area contributed by atoms with E-state index in [-0.39, 0.29) is 6.61 Å². The molecule has 1 aromatic rings. The van der Waals surface area contributed by atoms with Crippen molar-refractivity contribution in [2.24, 2.45) is 0 Å². The van der Waals surface area contributed by atoms with Gasteiger partial charge in [-0.15, -0.1) is 0 Å². The van der Waals surface area contributed by atoms with Crippen LogP contribution < -0.4 is 0 Å². The topological polar surface area (TPSA) is 55.8 Å². The fourth-order valence-electron chi connectivity index (χ4n) is 1.85. The molecule has 1 aliphatic rings. The lowest BCUT2D eigenvalue weighted by atomic mass is 10.2. The molecule has 0 unspecified atom stereocenters. The highest BCUT2D eigenvalue weighted by atomic mass is 16.6. The minimum Gasteiger partial charge on any atom is -0.467 e. The lowest BCUT2D eigenvalue weighted by Crippen LogP contribution is -2.39. The van der Waals surface area contributed by atoms with Crippen molar-refractivity contribution < 1.29 is 19.1 Å². The number of amides is 1. The third kappa shape index (κ3) is 3.13. The first kappa shape index (κ1) is 13.1. The summed E-state index contributed by atoms with van der Waals surface area (Å²) in [5.74, 6) is -0.443. The summed E-state index contributed by atoms with van der Waals surface area (Å²) in [6.07, 6.45) is 3.20. The van der Waals surface area contributed by atoms with Gasteiger partial charge in [-0.1, -0.05) is 36.4 Å². The van der Waals surface area contributed by atoms with E-state index in [1.54, 1.807) is 12.3 Å². The van der Waals surface area contributed by atoms with E-state index in [0.29, 0.717) is 6.42 Å². The first-order valence-corrected chi connectivity index (χ1v) is 5.96. The lowest BCUT2D eigenvalue weighted by Gasteiger charge is -2.20. The van der Waals surface area contributed by atoms with E-state index in [4.69, 9.17) is 4.74 Å². The molecule has 1 aromatic carbocycles. The molecule has 0 aromatic heterocycles. The molecule has 19 heavy (non-hydrogen) atoms. The summed E-state index contributed by atoms with van der Waals surface area (Å²) in [5.41, 5.74) is 0.897. The second-order valence-electron chi connectivity index (χ2n) is 4.11. The molecule has 0 N–H and O–H groups in total. The molecule has 2 rings (SSSR count). The first-order chi connectivity index (χ1) is 9.22. The molecular formula is C14H15NO4. The lowest BCUT2D eigenvalue weighted by molar-refractivity contribution is -0.145. The van der Waals surface area contributed by atoms with Crippen LogP contribution in [0.2, 0.25) is 0 Å². The standard InChI is InChI=1S/C14H15NO4/c1-18-13(16)12-8-5-9-15(12)14(17)19-10-11-6-3-2-4-7-11/h2-7,9,12H,8,10H2,1H3/t12-/m1/s1. The summed E-state index contributed by atoms with van der Waals surface area (Å²) >= 11 is 0. The van der Waals surface area contributed by atoms with Crippen molar-refractivity contribution in [1.29, 1.82) is 0 Å². The molecule has 0 saturated carbocycles. The van der Waals surface area contributed by atoms with Gasteiger partial charge in [-0.3, -0.25) is 4.90 Å². The van der Waals surface area contributed by atoms with E-state index < -0.39 is 18.1 Å². The Bertz CT molecular complexity index is 483. The van der Waals surface area contributed by atoms with Crippen molar-refractivity contribution in [3.63, 3.8) is 0 Å². The fraction of sp³-hybridized carbons (Fsp3) is 0.286. The number of esters is 1. The number of rotatable bonds is 3. The number of hydrogen-bond acceptors (Lipinski definition) is 4. The minimum atomic E-state index is -0.617. The number of carbonyl (C=O) groups excluding carboxylic acids is 2. The molecule has 0 saturated heterocycles. The van der Waals surface area contributed by atoms with Crippen molar-refractivity contribution in [3.05, 3.63) is 48.2 Å². The van der Waals surface area contributed by atoms with E-state index in [2.05, 4.69) is 4.74 Å². The van der Waals surface area contributed by atoms with Crippen LogP contribution in [0.4, 0.5) is 4.79 Å². The number of methoxy groups -OCH3 is 1. The predicted octanol–water partition coefficient (Wildman–Crippen LogP) is 2.08. The zero-order chi connectivity index (χ0) is 13.7. The highest BCUT2D eigenvalue weighted by Crippen LogP contribution is 2.17. The van der Waals surface area contributed by atoms with Gasteiger partial charge in [-0.2, -0.15) is 0 Å². The third-order valence-electron chi connectivity index (χ3n) is 2.85. The molecule has 0 fully saturated rings. The van der Waals surface area contributed by atoms with Gasteiger partial charge in [0, 0.05) is 6.20 Å². The predicted molar refractivity (Wildman–Crippen MR) is 68.0 cm³/mol. The van der Waals surface area contributed by atoms with Gasteiger partial charge in [-0.25, -0.2) is 9.59 Å². The molecule has 5 heteroatoms. The normalized spacial score (nSPS) is 17.3. The summed E-state index contributed by atoms with van der Waals surface area (Å²) in [4.78, 5) is 24.6. The number of ether oxygens (including phenoxy) is 2. The van der Waals surface area contributed by atoms with Gasteiger partial charge >= 0.3 is 12.1 Å². The van der Waals surface area contributed by atoms with Gasteiger partial charge in [-0.05, 0) is 12.0 Å². The fourth-order valence-corrected chi connectivity index (χ4v) is 1.85. The average molecular weight is 261 g/mol. The summed E-state index contributed by atoms with van der Waals surface area (Å²) in [6, 6.07) is 8.75. The van der Waals surface area contributed by atoms with Gasteiger partial charge in [0.2, 0.25) is 0 Å². The van der Waals surface area contributed by atoms with Crippen LogP contribution in [0.1, 0.15) is 12.0 Å². The Morgan fingerprint density at radius 1 is 1.32 bits per heavy atom. The van der Waals surface area contributed by atoms with Gasteiger partial charge in [0.25, 0.3) is 0 Å². The molecule has 100 valence electrons. The Morgan fingerprint density at radius 2 is 2.05 bits per heavy atom. The van der Waals surface area contributed by atoms with Crippen molar-refractivity contribution in [2.75, 3.05) is 7.11 Å². The quantitative estimate of drug-likeness (QED) is 0.782. The summed E-state index contributed by atoms with van der Waals surface area (Å²) < 4.78 is 9.81. The number of benzene rings is 1. The van der Waals surface area contributed by atoms with E-state index >= 15 is 0 Å². The van der Waals surface area contributed by atoms with Gasteiger partial charge in [0.15, 0.2) is 0 Å². The van der Waals surface area contributed by atoms with Crippen LogP contribution in [0.25, 0.3) is 0 Å². The Hall–Kier alpha value is -2.30. The van der Waals surface area contributed by atoms with Crippen LogP contribution in [0.3, 0.4) is 0 Å². The molecule has 1 aliphatic heterocycles. The Balaban J connectivity index is 1.92. The van der Waals surface area contributed by atoms with E-state index in [1.165, 1.54) is 12.0 Å². The van der Waals surface area contributed by atoms with Crippen molar-refractivity contribution in [2.45, 2.75) is 19.1 Å². The second-order valence-corrected chi connectivity index (χ2v) is 4.11. The van der Waals surface area contributed by atoms with Crippen LogP contribution in [-0.4, -0.2) is 30.1 Å². The van der Waals surface area contributed by atoms with Crippen LogP contribution >= 0.6 is 0 Å². The Morgan fingerprint density at radius 3 is 2.74 bits per heavy atom. The maximum Gasteiger partial charge on any atom is 0.414 e. The molecule has 0 bridgehead atoms. The second kappa shape index (κ2) is 6.04. The molecular weight excluding hydrogens is 246 g/mol. The molecule has 1 amide bonds. The highest BCUT2D eigenvalue weighted by molar-refractivity contribution is 5.83. The molecule has 0 radical (unpaired) electrons. The number of carbonyl (C=O) groups is 2. The summed E-state index contributed by atoms with van der Waals surface area (Å²) in [7, 11) is 1.30. The van der Waals surface area contributed by atoms with Gasteiger partial charge < -0.3 is 9.47 Å². The maximum absolute atomic E-state index is 11.9. The minimum absolute atomic E-state index is 0.178. The van der Waals surface area contributed by atoms with Crippen LogP contribution in [0, 0.1) is 0 Å². The van der Waals surface area contributed by atoms with Crippen molar-refractivity contribution in [1.82, 2.24) is 4.90 Å². The maximum atomic E-state index is 11.9. The average Bonchev–Trinajstić information content (AvgIpc) is 2.94. The summed E-state index contributed by atoms with van der Waals surface area (Å²) in [5, 5.41) is 0. The Kier molecular flexibility index (Phi) is 4.18. The van der Waals surface area contributed by atoms with Crippen molar-refractivity contribution >= 4 is 12.1 Å². The Labute approximate surface area is 111 Å². The largest absolute Gasteiger partial charge is 0.467 e. The molecule has 1 heterocycles. The number of nitrogens with zero attached hydrogens (tertiary/aromatic N) is 1. The zero-order valence-corrected chi connectivity index (χ0v) is 10.6. The van der Waals surface area contributed by atoms with Crippen molar-refractivity contribution in [3.8, 4) is 0 Å². The number of hydrogen-bond donors (Lipinski definition) is 0. The smallest absolute Gasteiger partial charge is 0.414 e. The molecule has 1 atom stereocenters. The third-order valence-corrected chi connectivity index (χ3v) is 2.85. The molecule has 5 nitrogen and oxygen atoms in total. The highest BCUT2D eigenvalue weighted by Gasteiger charge is 2.32. The van der Waals surface area contributed by atoms with Crippen LogP contribution in [0.5, 0.6) is 0 Å². The first-order valence-electron chi connectivity index (χ1n) is 5.96. The van der Waals surface area contributed by atoms with Gasteiger partial charge in [0.1, 0.15) is 12.6 Å². The zero-order valence-electron chi connectivity index (χ0n) is 10.6. The molecule has 0 aliphatic carbocycles. The monoisotopic (exact) mass is 261 g/mol. The SMILES string of the molecule is COC(=O)[C@H]1CC=CN1C(=O)OCc1ccccc1. The van der Waals surface area contributed by atoms with Crippen LogP contribution in [-0.2, 0) is 20.9 Å². The molecule has 0 spiro atoms.